The summed E-state index contributed by atoms with van der Waals surface area (Å²) in [6.07, 6.45) is 0.196. The highest BCUT2D eigenvalue weighted by molar-refractivity contribution is 6.31. The molecular weight excluding hydrogens is 364 g/mol. The summed E-state index contributed by atoms with van der Waals surface area (Å²) < 4.78 is 1.80. The van der Waals surface area contributed by atoms with Gasteiger partial charge in [-0.25, -0.2) is 0 Å². The van der Waals surface area contributed by atoms with Crippen LogP contribution in [-0.4, -0.2) is 28.1 Å². The zero-order chi connectivity index (χ0) is 19.0. The normalized spacial score (nSPS) is 16.9. The number of carbonyl (C=O) groups excluding carboxylic acids is 2. The molecular formula is C20H19ClN4O2. The lowest BCUT2D eigenvalue weighted by Crippen LogP contribution is -2.32. The molecule has 0 spiro atoms. The molecule has 0 saturated carbocycles. The van der Waals surface area contributed by atoms with Gasteiger partial charge in [-0.2, -0.15) is 5.10 Å². The number of nitrogens with zero attached hydrogens (tertiary/aromatic N) is 3. The van der Waals surface area contributed by atoms with Crippen molar-refractivity contribution in [2.24, 2.45) is 13.0 Å². The monoisotopic (exact) mass is 382 g/mol. The fraction of sp³-hybridized carbons (Fsp3) is 0.250. The minimum absolute atomic E-state index is 0.0688. The van der Waals surface area contributed by atoms with Crippen LogP contribution in [-0.2, 0) is 23.2 Å². The maximum Gasteiger partial charge on any atom is 0.227 e. The van der Waals surface area contributed by atoms with E-state index < -0.39 is 0 Å². The molecule has 27 heavy (non-hydrogen) atoms. The molecule has 1 aromatic heterocycles. The highest BCUT2D eigenvalue weighted by atomic mass is 35.5. The number of rotatable bonds is 4. The van der Waals surface area contributed by atoms with Crippen molar-refractivity contribution in [3.63, 3.8) is 0 Å². The molecule has 1 atom stereocenters. The third-order valence-corrected chi connectivity index (χ3v) is 5.12. The van der Waals surface area contributed by atoms with E-state index in [2.05, 4.69) is 10.4 Å². The summed E-state index contributed by atoms with van der Waals surface area (Å²) in [4.78, 5) is 26.6. The molecule has 4 rings (SSSR count). The molecule has 1 saturated heterocycles. The predicted octanol–water partition coefficient (Wildman–Crippen LogP) is 2.90. The van der Waals surface area contributed by atoms with E-state index in [4.69, 9.17) is 11.6 Å². The van der Waals surface area contributed by atoms with E-state index >= 15 is 0 Å². The van der Waals surface area contributed by atoms with Crippen LogP contribution >= 0.6 is 11.6 Å². The lowest BCUT2D eigenvalue weighted by atomic mass is 10.1. The molecule has 1 fully saturated rings. The standard InChI is InChI=1S/C20H19ClN4O2/c1-24-18-8-3-2-7-16(18)17(23-24)11-22-20(27)13-9-19(26)25(12-13)15-6-4-5-14(21)10-15/h2-8,10,13H,9,11-12H2,1H3,(H,22,27). The van der Waals surface area contributed by atoms with Crippen molar-refractivity contribution in [1.29, 1.82) is 0 Å². The van der Waals surface area contributed by atoms with E-state index in [0.29, 0.717) is 18.1 Å². The van der Waals surface area contributed by atoms with Crippen molar-refractivity contribution in [3.8, 4) is 0 Å². The van der Waals surface area contributed by atoms with Gasteiger partial charge in [0.25, 0.3) is 0 Å². The second-order valence-corrected chi connectivity index (χ2v) is 7.13. The maximum atomic E-state index is 12.6. The van der Waals surface area contributed by atoms with Gasteiger partial charge in [-0.05, 0) is 24.3 Å². The first kappa shape index (κ1) is 17.5. The van der Waals surface area contributed by atoms with E-state index in [9.17, 15) is 9.59 Å². The summed E-state index contributed by atoms with van der Waals surface area (Å²) in [6, 6.07) is 15.0. The zero-order valence-corrected chi connectivity index (χ0v) is 15.6. The second kappa shape index (κ2) is 7.04. The molecule has 2 heterocycles. The fourth-order valence-corrected chi connectivity index (χ4v) is 3.70. The first-order valence-electron chi connectivity index (χ1n) is 8.77. The van der Waals surface area contributed by atoms with Crippen LogP contribution in [0, 0.1) is 5.92 Å². The van der Waals surface area contributed by atoms with Gasteiger partial charge in [0.15, 0.2) is 0 Å². The van der Waals surface area contributed by atoms with Crippen LogP contribution in [0.2, 0.25) is 5.02 Å². The molecule has 7 heteroatoms. The summed E-state index contributed by atoms with van der Waals surface area (Å²) in [5.41, 5.74) is 2.56. The number of benzene rings is 2. The number of aromatic nitrogens is 2. The first-order chi connectivity index (χ1) is 13.0. The van der Waals surface area contributed by atoms with Crippen molar-refractivity contribution in [2.45, 2.75) is 13.0 Å². The van der Waals surface area contributed by atoms with Crippen molar-refractivity contribution >= 4 is 40.0 Å². The topological polar surface area (TPSA) is 67.2 Å². The van der Waals surface area contributed by atoms with Crippen LogP contribution < -0.4 is 10.2 Å². The van der Waals surface area contributed by atoms with Crippen LogP contribution in [0.3, 0.4) is 0 Å². The Morgan fingerprint density at radius 3 is 2.89 bits per heavy atom. The molecule has 0 aliphatic carbocycles. The van der Waals surface area contributed by atoms with Gasteiger partial charge in [-0.3, -0.25) is 14.3 Å². The van der Waals surface area contributed by atoms with Crippen LogP contribution in [0.4, 0.5) is 5.69 Å². The Kier molecular flexibility index (Phi) is 4.58. The van der Waals surface area contributed by atoms with Gasteiger partial charge in [0.1, 0.15) is 0 Å². The van der Waals surface area contributed by atoms with Crippen molar-refractivity contribution in [1.82, 2.24) is 15.1 Å². The largest absolute Gasteiger partial charge is 0.350 e. The van der Waals surface area contributed by atoms with Crippen LogP contribution in [0.5, 0.6) is 0 Å². The Balaban J connectivity index is 1.44. The van der Waals surface area contributed by atoms with E-state index in [1.165, 1.54) is 0 Å². The Hall–Kier alpha value is -2.86. The lowest BCUT2D eigenvalue weighted by molar-refractivity contribution is -0.126. The average molecular weight is 383 g/mol. The van der Waals surface area contributed by atoms with Crippen molar-refractivity contribution in [2.75, 3.05) is 11.4 Å². The predicted molar refractivity (Wildman–Crippen MR) is 104 cm³/mol. The number of aryl methyl sites for hydroxylation is 1. The third-order valence-electron chi connectivity index (χ3n) is 4.88. The van der Waals surface area contributed by atoms with Gasteiger partial charge in [-0.15, -0.1) is 0 Å². The van der Waals surface area contributed by atoms with Crippen LogP contribution in [0.25, 0.3) is 10.9 Å². The molecule has 0 radical (unpaired) electrons. The van der Waals surface area contributed by atoms with Gasteiger partial charge >= 0.3 is 0 Å². The number of halogens is 1. The van der Waals surface area contributed by atoms with Crippen LogP contribution in [0.15, 0.2) is 48.5 Å². The van der Waals surface area contributed by atoms with Gasteiger partial charge in [-0.1, -0.05) is 35.9 Å². The minimum Gasteiger partial charge on any atom is -0.350 e. The number of nitrogens with one attached hydrogen (secondary N) is 1. The smallest absolute Gasteiger partial charge is 0.227 e. The Morgan fingerprint density at radius 1 is 1.26 bits per heavy atom. The van der Waals surface area contributed by atoms with Gasteiger partial charge in [0, 0.05) is 36.1 Å². The Labute approximate surface area is 161 Å². The highest BCUT2D eigenvalue weighted by Crippen LogP contribution is 2.27. The van der Waals surface area contributed by atoms with Crippen molar-refractivity contribution in [3.05, 3.63) is 59.2 Å². The number of amides is 2. The fourth-order valence-electron chi connectivity index (χ4n) is 3.51. The zero-order valence-electron chi connectivity index (χ0n) is 14.9. The second-order valence-electron chi connectivity index (χ2n) is 6.69. The molecule has 2 amide bonds. The number of carbonyl (C=O) groups is 2. The van der Waals surface area contributed by atoms with Crippen LogP contribution in [0.1, 0.15) is 12.1 Å². The Morgan fingerprint density at radius 2 is 2.07 bits per heavy atom. The first-order valence-corrected chi connectivity index (χ1v) is 9.15. The molecule has 138 valence electrons. The minimum atomic E-state index is -0.383. The average Bonchev–Trinajstić information content (AvgIpc) is 3.21. The van der Waals surface area contributed by atoms with E-state index in [0.717, 1.165) is 22.3 Å². The maximum absolute atomic E-state index is 12.6. The van der Waals surface area contributed by atoms with Crippen molar-refractivity contribution < 1.29 is 9.59 Å². The molecule has 1 aliphatic rings. The molecule has 1 aliphatic heterocycles. The molecule has 2 aromatic carbocycles. The molecule has 3 aromatic rings. The molecule has 6 nitrogen and oxygen atoms in total. The van der Waals surface area contributed by atoms with Gasteiger partial charge in [0.2, 0.25) is 11.8 Å². The van der Waals surface area contributed by atoms with Gasteiger partial charge in [0.05, 0.1) is 23.7 Å². The summed E-state index contributed by atoms with van der Waals surface area (Å²) in [6.45, 7) is 0.690. The summed E-state index contributed by atoms with van der Waals surface area (Å²) in [7, 11) is 1.88. The summed E-state index contributed by atoms with van der Waals surface area (Å²) >= 11 is 6.01. The molecule has 0 bridgehead atoms. The summed E-state index contributed by atoms with van der Waals surface area (Å²) in [5.74, 6) is -0.588. The lowest BCUT2D eigenvalue weighted by Gasteiger charge is -2.16. The summed E-state index contributed by atoms with van der Waals surface area (Å²) in [5, 5.41) is 9.00. The van der Waals surface area contributed by atoms with E-state index in [-0.39, 0.29) is 24.2 Å². The Bertz CT molecular complexity index is 1030. The third kappa shape index (κ3) is 3.40. The SMILES string of the molecule is Cn1nc(CNC(=O)C2CC(=O)N(c3cccc(Cl)c3)C2)c2ccccc21. The number of anilines is 1. The molecule has 1 unspecified atom stereocenters. The van der Waals surface area contributed by atoms with E-state index in [1.54, 1.807) is 27.8 Å². The number of hydrogen-bond acceptors (Lipinski definition) is 3. The number of hydrogen-bond donors (Lipinski definition) is 1. The molecule has 1 N–H and O–H groups in total. The van der Waals surface area contributed by atoms with Gasteiger partial charge < -0.3 is 10.2 Å². The quantitative estimate of drug-likeness (QED) is 0.754. The number of fused-ring (bicyclic) bond motifs is 1. The highest BCUT2D eigenvalue weighted by Gasteiger charge is 2.35. The van der Waals surface area contributed by atoms with E-state index in [1.807, 2.05) is 37.4 Å². The number of para-hydroxylation sites is 1.